The van der Waals surface area contributed by atoms with Gasteiger partial charge in [0.2, 0.25) is 0 Å². The Morgan fingerprint density at radius 2 is 2.17 bits per heavy atom. The summed E-state index contributed by atoms with van der Waals surface area (Å²) in [6, 6.07) is 0.963. The summed E-state index contributed by atoms with van der Waals surface area (Å²) in [7, 11) is 0. The average Bonchev–Trinajstić information content (AvgIpc) is 3.13. The first-order valence-electron chi connectivity index (χ1n) is 7.71. The summed E-state index contributed by atoms with van der Waals surface area (Å²) >= 11 is 0. The third-order valence-corrected chi connectivity index (χ3v) is 4.26. The summed E-state index contributed by atoms with van der Waals surface area (Å²) in [6.45, 7) is 6.14. The van der Waals surface area contributed by atoms with Gasteiger partial charge in [-0.1, -0.05) is 19.0 Å². The molecule has 0 spiro atoms. The molecular formula is C16H19N3O4. The number of likely N-dealkylation sites (tertiary alicyclic amines) is 1. The molecule has 7 heteroatoms. The molecule has 122 valence electrons. The number of nitrogens with zero attached hydrogens (tertiary/aromatic N) is 3. The minimum Gasteiger partial charge on any atom is -0.480 e. The lowest BCUT2D eigenvalue weighted by atomic mass is 10.0. The summed E-state index contributed by atoms with van der Waals surface area (Å²) in [5.41, 5.74) is 2.05. The number of carbonyl (C=O) groups is 2. The molecule has 2 aromatic heterocycles. The number of hydrogen-bond acceptors (Lipinski definition) is 5. The van der Waals surface area contributed by atoms with E-state index < -0.39 is 12.0 Å². The summed E-state index contributed by atoms with van der Waals surface area (Å²) in [5.74, 6) is -1.15. The van der Waals surface area contributed by atoms with Crippen LogP contribution in [0.1, 0.15) is 54.4 Å². The van der Waals surface area contributed by atoms with Crippen molar-refractivity contribution in [1.29, 1.82) is 0 Å². The van der Waals surface area contributed by atoms with Gasteiger partial charge in [-0.05, 0) is 31.7 Å². The van der Waals surface area contributed by atoms with Gasteiger partial charge in [0.25, 0.3) is 11.6 Å². The molecule has 1 amide bonds. The number of pyridine rings is 1. The standard InChI is InChI=1S/C16H19N3O4/c1-8(2)11-7-10(13-9(3)18-23-14(13)17-11)15(20)19-6-4-5-12(19)16(21)22/h7-8,12H,4-6H2,1-3H3,(H,21,22)/t12-/m1/s1. The van der Waals surface area contributed by atoms with Crippen molar-refractivity contribution in [1.82, 2.24) is 15.0 Å². The van der Waals surface area contributed by atoms with Gasteiger partial charge in [-0.3, -0.25) is 4.79 Å². The first-order valence-corrected chi connectivity index (χ1v) is 7.71. The molecule has 1 aliphatic heterocycles. The highest BCUT2D eigenvalue weighted by Gasteiger charge is 2.35. The van der Waals surface area contributed by atoms with Crippen LogP contribution in [0.3, 0.4) is 0 Å². The minimum absolute atomic E-state index is 0.116. The van der Waals surface area contributed by atoms with Crippen molar-refractivity contribution in [3.63, 3.8) is 0 Å². The molecule has 1 aliphatic rings. The van der Waals surface area contributed by atoms with E-state index in [-0.39, 0.29) is 11.8 Å². The number of rotatable bonds is 3. The van der Waals surface area contributed by atoms with E-state index in [1.54, 1.807) is 13.0 Å². The van der Waals surface area contributed by atoms with Crippen LogP contribution < -0.4 is 0 Å². The topological polar surface area (TPSA) is 96.5 Å². The van der Waals surface area contributed by atoms with Crippen LogP contribution in [0.15, 0.2) is 10.6 Å². The lowest BCUT2D eigenvalue weighted by Crippen LogP contribution is -2.40. The van der Waals surface area contributed by atoms with Crippen molar-refractivity contribution in [3.8, 4) is 0 Å². The number of carboxylic acids is 1. The lowest BCUT2D eigenvalue weighted by molar-refractivity contribution is -0.141. The molecule has 0 aromatic carbocycles. The van der Waals surface area contributed by atoms with Gasteiger partial charge < -0.3 is 14.5 Å². The van der Waals surface area contributed by atoms with Gasteiger partial charge in [-0.15, -0.1) is 0 Å². The largest absolute Gasteiger partial charge is 0.480 e. The van der Waals surface area contributed by atoms with Crippen LogP contribution in [-0.4, -0.2) is 44.6 Å². The Hall–Kier alpha value is -2.44. The molecule has 0 radical (unpaired) electrons. The highest BCUT2D eigenvalue weighted by atomic mass is 16.5. The Bertz CT molecular complexity index is 781. The van der Waals surface area contributed by atoms with Gasteiger partial charge in [0.1, 0.15) is 6.04 Å². The molecule has 0 unspecified atom stereocenters. The zero-order valence-corrected chi connectivity index (χ0v) is 13.4. The molecule has 3 heterocycles. The summed E-state index contributed by atoms with van der Waals surface area (Å²) in [5, 5.41) is 13.8. The van der Waals surface area contributed by atoms with E-state index in [2.05, 4.69) is 10.1 Å². The SMILES string of the molecule is Cc1noc2nc(C(C)C)cc(C(=O)N3CCC[C@@H]3C(=O)O)c12. The summed E-state index contributed by atoms with van der Waals surface area (Å²) in [4.78, 5) is 30.2. The molecule has 23 heavy (non-hydrogen) atoms. The predicted molar refractivity (Wildman–Crippen MR) is 82.3 cm³/mol. The molecule has 1 atom stereocenters. The molecule has 0 aliphatic carbocycles. The van der Waals surface area contributed by atoms with E-state index in [4.69, 9.17) is 4.52 Å². The Morgan fingerprint density at radius 1 is 1.43 bits per heavy atom. The van der Waals surface area contributed by atoms with E-state index in [9.17, 15) is 14.7 Å². The fourth-order valence-corrected chi connectivity index (χ4v) is 3.00. The van der Waals surface area contributed by atoms with Crippen LogP contribution in [0.5, 0.6) is 0 Å². The monoisotopic (exact) mass is 317 g/mol. The number of amides is 1. The van der Waals surface area contributed by atoms with Gasteiger partial charge in [0.05, 0.1) is 16.6 Å². The molecule has 2 aromatic rings. The summed E-state index contributed by atoms with van der Waals surface area (Å²) in [6.07, 6.45) is 1.17. The highest BCUT2D eigenvalue weighted by Crippen LogP contribution is 2.28. The number of fused-ring (bicyclic) bond motifs is 1. The van der Waals surface area contributed by atoms with Crippen LogP contribution in [0.25, 0.3) is 11.1 Å². The van der Waals surface area contributed by atoms with Crippen molar-refractivity contribution in [2.24, 2.45) is 0 Å². The van der Waals surface area contributed by atoms with E-state index in [0.29, 0.717) is 41.7 Å². The molecular weight excluding hydrogens is 298 g/mol. The Labute approximate surface area is 133 Å². The molecule has 1 N–H and O–H groups in total. The maximum atomic E-state index is 13.0. The van der Waals surface area contributed by atoms with Crippen LogP contribution >= 0.6 is 0 Å². The first kappa shape index (κ1) is 15.5. The molecule has 7 nitrogen and oxygen atoms in total. The second kappa shape index (κ2) is 5.64. The van der Waals surface area contributed by atoms with Crippen molar-refractivity contribution in [2.45, 2.75) is 45.6 Å². The first-order chi connectivity index (χ1) is 10.9. The van der Waals surface area contributed by atoms with Gasteiger partial charge in [0.15, 0.2) is 0 Å². The molecule has 1 saturated heterocycles. The van der Waals surface area contributed by atoms with E-state index in [1.807, 2.05) is 13.8 Å². The number of aromatic nitrogens is 2. The molecule has 0 bridgehead atoms. The highest BCUT2D eigenvalue weighted by molar-refractivity contribution is 6.07. The molecule has 3 rings (SSSR count). The molecule has 0 saturated carbocycles. The smallest absolute Gasteiger partial charge is 0.326 e. The van der Waals surface area contributed by atoms with Crippen molar-refractivity contribution >= 4 is 23.0 Å². The Balaban J connectivity index is 2.12. The number of carboxylic acid groups (broad SMARTS) is 1. The number of carbonyl (C=O) groups excluding carboxylic acids is 1. The van der Waals surface area contributed by atoms with E-state index >= 15 is 0 Å². The van der Waals surface area contributed by atoms with Crippen molar-refractivity contribution in [2.75, 3.05) is 6.54 Å². The quantitative estimate of drug-likeness (QED) is 0.933. The van der Waals surface area contributed by atoms with Crippen molar-refractivity contribution < 1.29 is 19.2 Å². The fourth-order valence-electron chi connectivity index (χ4n) is 3.00. The van der Waals surface area contributed by atoms with E-state index in [1.165, 1.54) is 4.90 Å². The third-order valence-electron chi connectivity index (χ3n) is 4.26. The zero-order chi connectivity index (χ0) is 16.7. The third kappa shape index (κ3) is 2.56. The van der Waals surface area contributed by atoms with Gasteiger partial charge >= 0.3 is 5.97 Å². The van der Waals surface area contributed by atoms with Gasteiger partial charge in [0, 0.05) is 12.2 Å². The van der Waals surface area contributed by atoms with Crippen LogP contribution in [-0.2, 0) is 4.79 Å². The maximum absolute atomic E-state index is 13.0. The number of aliphatic carboxylic acids is 1. The molecule has 1 fully saturated rings. The maximum Gasteiger partial charge on any atom is 0.326 e. The number of aryl methyl sites for hydroxylation is 1. The zero-order valence-electron chi connectivity index (χ0n) is 13.4. The van der Waals surface area contributed by atoms with Gasteiger partial charge in [-0.25, -0.2) is 9.78 Å². The average molecular weight is 317 g/mol. The minimum atomic E-state index is -0.965. The second-order valence-electron chi connectivity index (χ2n) is 6.19. The Kier molecular flexibility index (Phi) is 3.79. The number of hydrogen-bond donors (Lipinski definition) is 1. The lowest BCUT2D eigenvalue weighted by Gasteiger charge is -2.22. The van der Waals surface area contributed by atoms with Crippen LogP contribution in [0, 0.1) is 6.92 Å². The Morgan fingerprint density at radius 3 is 2.83 bits per heavy atom. The second-order valence-corrected chi connectivity index (χ2v) is 6.19. The van der Waals surface area contributed by atoms with Crippen LogP contribution in [0.4, 0.5) is 0 Å². The summed E-state index contributed by atoms with van der Waals surface area (Å²) < 4.78 is 5.22. The van der Waals surface area contributed by atoms with Gasteiger partial charge in [-0.2, -0.15) is 0 Å². The normalized spacial score (nSPS) is 18.1. The fraction of sp³-hybridized carbons (Fsp3) is 0.500. The van der Waals surface area contributed by atoms with E-state index in [0.717, 1.165) is 5.69 Å². The van der Waals surface area contributed by atoms with Crippen LogP contribution in [0.2, 0.25) is 0 Å². The predicted octanol–water partition coefficient (Wildman–Crippen LogP) is 2.34. The van der Waals surface area contributed by atoms with Crippen molar-refractivity contribution in [3.05, 3.63) is 23.0 Å².